The first kappa shape index (κ1) is 15.8. The third-order valence-corrected chi connectivity index (χ3v) is 4.99. The molecule has 0 aromatic rings. The van der Waals surface area contributed by atoms with Gasteiger partial charge >= 0.3 is 5.97 Å². The van der Waals surface area contributed by atoms with Crippen LogP contribution >= 0.6 is 0 Å². The molecule has 116 valence electrons. The van der Waals surface area contributed by atoms with E-state index in [0.717, 1.165) is 24.8 Å². The number of fused-ring (bicyclic) bond motifs is 1. The zero-order chi connectivity index (χ0) is 14.2. The Balaban J connectivity index is 1.59. The van der Waals surface area contributed by atoms with E-state index in [1.165, 1.54) is 58.0 Å². The van der Waals surface area contributed by atoms with Crippen LogP contribution < -0.4 is 0 Å². The quantitative estimate of drug-likeness (QED) is 0.525. The van der Waals surface area contributed by atoms with Crippen LogP contribution in [0.2, 0.25) is 0 Å². The zero-order valence-electron chi connectivity index (χ0n) is 13.1. The van der Waals surface area contributed by atoms with Gasteiger partial charge in [0.1, 0.15) is 0 Å². The lowest BCUT2D eigenvalue weighted by atomic mass is 9.78. The van der Waals surface area contributed by atoms with Crippen molar-refractivity contribution in [2.75, 3.05) is 19.7 Å². The minimum atomic E-state index is -0.0298. The largest absolute Gasteiger partial charge is 0.466 e. The topological polar surface area (TPSA) is 29.5 Å². The zero-order valence-corrected chi connectivity index (χ0v) is 13.1. The molecule has 2 aliphatic rings. The molecule has 20 heavy (non-hydrogen) atoms. The third kappa shape index (κ3) is 4.76. The van der Waals surface area contributed by atoms with Gasteiger partial charge in [-0.15, -0.1) is 0 Å². The van der Waals surface area contributed by atoms with E-state index in [9.17, 15) is 4.79 Å². The van der Waals surface area contributed by atoms with E-state index in [1.807, 2.05) is 6.92 Å². The van der Waals surface area contributed by atoms with Crippen molar-refractivity contribution < 1.29 is 9.53 Å². The van der Waals surface area contributed by atoms with Crippen molar-refractivity contribution in [1.82, 2.24) is 4.90 Å². The number of likely N-dealkylation sites (tertiary alicyclic amines) is 1. The summed E-state index contributed by atoms with van der Waals surface area (Å²) in [7, 11) is 0. The van der Waals surface area contributed by atoms with Crippen LogP contribution in [0.5, 0.6) is 0 Å². The number of nitrogens with zero attached hydrogens (tertiary/aromatic N) is 1. The van der Waals surface area contributed by atoms with Gasteiger partial charge in [-0.3, -0.25) is 4.79 Å². The highest BCUT2D eigenvalue weighted by Gasteiger charge is 2.32. The summed E-state index contributed by atoms with van der Waals surface area (Å²) in [6.45, 7) is 4.92. The summed E-state index contributed by atoms with van der Waals surface area (Å²) in [5.74, 6) is 0.954. The van der Waals surface area contributed by atoms with E-state index in [-0.39, 0.29) is 5.97 Å². The number of carbonyl (C=O) groups is 1. The fourth-order valence-electron chi connectivity index (χ4n) is 4.00. The van der Waals surface area contributed by atoms with Crippen molar-refractivity contribution in [3.8, 4) is 0 Å². The van der Waals surface area contributed by atoms with Gasteiger partial charge in [-0.25, -0.2) is 0 Å². The van der Waals surface area contributed by atoms with Gasteiger partial charge in [-0.05, 0) is 64.5 Å². The lowest BCUT2D eigenvalue weighted by Crippen LogP contribution is -2.47. The van der Waals surface area contributed by atoms with Crippen LogP contribution in [0.4, 0.5) is 0 Å². The summed E-state index contributed by atoms with van der Waals surface area (Å²) >= 11 is 0. The molecule has 1 aliphatic carbocycles. The molecule has 0 aromatic carbocycles. The first-order valence-corrected chi connectivity index (χ1v) is 8.71. The summed E-state index contributed by atoms with van der Waals surface area (Å²) in [5, 5.41) is 0. The summed E-state index contributed by atoms with van der Waals surface area (Å²) in [6.07, 6.45) is 12.6. The smallest absolute Gasteiger partial charge is 0.305 e. The average Bonchev–Trinajstić information content (AvgIpc) is 2.47. The molecule has 0 spiro atoms. The Morgan fingerprint density at radius 2 is 1.90 bits per heavy atom. The normalized spacial score (nSPS) is 27.1. The highest BCUT2D eigenvalue weighted by Crippen LogP contribution is 2.35. The van der Waals surface area contributed by atoms with Crippen molar-refractivity contribution in [3.05, 3.63) is 0 Å². The molecule has 3 heteroatoms. The molecule has 0 amide bonds. The number of ether oxygens (including phenoxy) is 1. The maximum absolute atomic E-state index is 11.3. The fourth-order valence-corrected chi connectivity index (χ4v) is 4.00. The van der Waals surface area contributed by atoms with Crippen LogP contribution in [-0.2, 0) is 9.53 Å². The van der Waals surface area contributed by atoms with Crippen molar-refractivity contribution in [2.24, 2.45) is 5.92 Å². The highest BCUT2D eigenvalue weighted by atomic mass is 16.5. The molecule has 0 unspecified atom stereocenters. The average molecular weight is 281 g/mol. The van der Waals surface area contributed by atoms with Crippen molar-refractivity contribution >= 4 is 5.97 Å². The van der Waals surface area contributed by atoms with Gasteiger partial charge in [0.2, 0.25) is 0 Å². The minimum Gasteiger partial charge on any atom is -0.466 e. The van der Waals surface area contributed by atoms with Crippen LogP contribution in [-0.4, -0.2) is 36.6 Å². The molecular weight excluding hydrogens is 250 g/mol. The summed E-state index contributed by atoms with van der Waals surface area (Å²) in [5.41, 5.74) is 0. The first-order chi connectivity index (χ1) is 9.81. The molecular formula is C17H31NO2. The Labute approximate surface area is 124 Å². The van der Waals surface area contributed by atoms with Crippen LogP contribution in [0.3, 0.4) is 0 Å². The molecule has 0 N–H and O–H groups in total. The summed E-state index contributed by atoms with van der Waals surface area (Å²) in [4.78, 5) is 14.0. The second-order valence-electron chi connectivity index (χ2n) is 6.41. The van der Waals surface area contributed by atoms with Gasteiger partial charge in [0.15, 0.2) is 0 Å². The molecule has 2 fully saturated rings. The number of hydrogen-bond acceptors (Lipinski definition) is 3. The van der Waals surface area contributed by atoms with E-state index in [2.05, 4.69) is 4.90 Å². The predicted octanol–water partition coefficient (Wildman–Crippen LogP) is 3.76. The molecule has 0 aromatic heterocycles. The molecule has 2 atom stereocenters. The number of rotatable bonds is 7. The van der Waals surface area contributed by atoms with Crippen LogP contribution in [0, 0.1) is 5.92 Å². The van der Waals surface area contributed by atoms with E-state index in [4.69, 9.17) is 4.74 Å². The Kier molecular flexibility index (Phi) is 6.85. The van der Waals surface area contributed by atoms with Gasteiger partial charge < -0.3 is 9.64 Å². The molecule has 1 saturated carbocycles. The first-order valence-electron chi connectivity index (χ1n) is 8.71. The van der Waals surface area contributed by atoms with E-state index in [1.54, 1.807) is 0 Å². The monoisotopic (exact) mass is 281 g/mol. The molecule has 1 heterocycles. The van der Waals surface area contributed by atoms with E-state index in [0.29, 0.717) is 13.0 Å². The van der Waals surface area contributed by atoms with Gasteiger partial charge in [0.05, 0.1) is 6.61 Å². The Morgan fingerprint density at radius 1 is 1.10 bits per heavy atom. The molecule has 2 rings (SSSR count). The van der Waals surface area contributed by atoms with Crippen LogP contribution in [0.1, 0.15) is 71.1 Å². The van der Waals surface area contributed by atoms with Gasteiger partial charge in [0, 0.05) is 12.5 Å². The number of hydrogen-bond donors (Lipinski definition) is 0. The predicted molar refractivity (Wildman–Crippen MR) is 81.7 cm³/mol. The fraction of sp³-hybridized carbons (Fsp3) is 0.941. The maximum atomic E-state index is 11.3. The van der Waals surface area contributed by atoms with E-state index >= 15 is 0 Å². The third-order valence-electron chi connectivity index (χ3n) is 4.99. The second-order valence-corrected chi connectivity index (χ2v) is 6.41. The van der Waals surface area contributed by atoms with Gasteiger partial charge in [-0.1, -0.05) is 19.3 Å². The summed E-state index contributed by atoms with van der Waals surface area (Å²) in [6, 6.07) is 0.877. The highest BCUT2D eigenvalue weighted by molar-refractivity contribution is 5.69. The second kappa shape index (κ2) is 8.66. The standard InChI is InChI=1S/C17H31NO2/c1-2-20-17(19)12-4-3-7-13-18-14-8-10-15-9-5-6-11-16(15)18/h15-16H,2-14H2,1H3/t15-,16-/m1/s1. The molecule has 0 bridgehead atoms. The maximum Gasteiger partial charge on any atom is 0.305 e. The molecule has 1 saturated heterocycles. The number of unbranched alkanes of at least 4 members (excludes halogenated alkanes) is 2. The number of carbonyl (C=O) groups excluding carboxylic acids is 1. The Morgan fingerprint density at radius 3 is 2.75 bits per heavy atom. The van der Waals surface area contributed by atoms with Gasteiger partial charge in [-0.2, -0.15) is 0 Å². The van der Waals surface area contributed by atoms with Crippen molar-refractivity contribution in [1.29, 1.82) is 0 Å². The van der Waals surface area contributed by atoms with Crippen molar-refractivity contribution in [2.45, 2.75) is 77.2 Å². The number of piperidine rings is 1. The number of esters is 1. The Bertz CT molecular complexity index is 291. The lowest BCUT2D eigenvalue weighted by molar-refractivity contribution is -0.143. The van der Waals surface area contributed by atoms with Crippen LogP contribution in [0.25, 0.3) is 0 Å². The van der Waals surface area contributed by atoms with Crippen molar-refractivity contribution in [3.63, 3.8) is 0 Å². The van der Waals surface area contributed by atoms with Crippen LogP contribution in [0.15, 0.2) is 0 Å². The summed E-state index contributed by atoms with van der Waals surface area (Å²) < 4.78 is 4.96. The lowest BCUT2D eigenvalue weighted by Gasteiger charge is -2.44. The SMILES string of the molecule is CCOC(=O)CCCCCN1CCC[C@H]2CCCC[C@H]21. The minimum absolute atomic E-state index is 0.0298. The molecule has 1 aliphatic heterocycles. The molecule has 0 radical (unpaired) electrons. The van der Waals surface area contributed by atoms with Gasteiger partial charge in [0.25, 0.3) is 0 Å². The van der Waals surface area contributed by atoms with E-state index < -0.39 is 0 Å². The molecule has 3 nitrogen and oxygen atoms in total. The Hall–Kier alpha value is -0.570.